The minimum absolute atomic E-state index is 0.187. The topological polar surface area (TPSA) is 58.6 Å². The number of carboxylic acid groups (broad SMARTS) is 1. The predicted octanol–water partition coefficient (Wildman–Crippen LogP) is 0.230. The van der Waals surface area contributed by atoms with Gasteiger partial charge in [0.2, 0.25) is 0 Å². The zero-order valence-corrected chi connectivity index (χ0v) is 7.30. The number of rotatable bonds is 3. The Labute approximate surface area is 71.9 Å². The highest BCUT2D eigenvalue weighted by Gasteiger charge is 2.32. The number of hydrogen-bond acceptors (Lipinski definition) is 3. The lowest BCUT2D eigenvalue weighted by atomic mass is 9.87. The summed E-state index contributed by atoms with van der Waals surface area (Å²) >= 11 is 0. The summed E-state index contributed by atoms with van der Waals surface area (Å²) < 4.78 is 5.18. The zero-order valence-electron chi connectivity index (χ0n) is 7.30. The van der Waals surface area contributed by atoms with Gasteiger partial charge in [-0.2, -0.15) is 0 Å². The predicted molar refractivity (Wildman–Crippen MR) is 44.1 cm³/mol. The Morgan fingerprint density at radius 3 is 2.58 bits per heavy atom. The number of carboxylic acids is 1. The third-order valence-electron chi connectivity index (χ3n) is 2.47. The molecule has 0 aromatic heterocycles. The molecule has 0 radical (unpaired) electrons. The molecule has 1 rings (SSSR count). The maximum atomic E-state index is 10.6. The molecule has 0 unspecified atom stereocenters. The molecule has 2 N–H and O–H groups in total. The molecule has 12 heavy (non-hydrogen) atoms. The van der Waals surface area contributed by atoms with Gasteiger partial charge in [0.25, 0.3) is 0 Å². The van der Waals surface area contributed by atoms with E-state index < -0.39 is 5.97 Å². The van der Waals surface area contributed by atoms with Crippen LogP contribution in [-0.4, -0.2) is 36.9 Å². The van der Waals surface area contributed by atoms with Gasteiger partial charge in [-0.25, -0.2) is 0 Å². The molecule has 0 aromatic carbocycles. The van der Waals surface area contributed by atoms with E-state index in [1.54, 1.807) is 0 Å². The van der Waals surface area contributed by atoms with Gasteiger partial charge >= 0.3 is 5.97 Å². The minimum atomic E-state index is -0.744. The Morgan fingerprint density at radius 2 is 2.17 bits per heavy atom. The SMILES string of the molecule is CNC1(CC(=O)O)CCOCC1. The standard InChI is InChI=1S/C8H15NO3/c1-9-8(6-7(10)11)2-4-12-5-3-8/h9H,2-6H2,1H3,(H,10,11). The molecule has 4 nitrogen and oxygen atoms in total. The van der Waals surface area contributed by atoms with Crippen molar-refractivity contribution in [3.63, 3.8) is 0 Å². The van der Waals surface area contributed by atoms with E-state index in [-0.39, 0.29) is 12.0 Å². The maximum absolute atomic E-state index is 10.6. The molecule has 4 heteroatoms. The van der Waals surface area contributed by atoms with Crippen molar-refractivity contribution < 1.29 is 14.6 Å². The van der Waals surface area contributed by atoms with Gasteiger partial charge in [-0.05, 0) is 19.9 Å². The third-order valence-corrected chi connectivity index (χ3v) is 2.47. The summed E-state index contributed by atoms with van der Waals surface area (Å²) in [5, 5.41) is 11.8. The molecule has 1 heterocycles. The molecule has 1 fully saturated rings. The van der Waals surface area contributed by atoms with Gasteiger partial charge in [-0.1, -0.05) is 0 Å². The Bertz CT molecular complexity index is 164. The average Bonchev–Trinajstić information content (AvgIpc) is 2.05. The van der Waals surface area contributed by atoms with Crippen molar-refractivity contribution >= 4 is 5.97 Å². The number of nitrogens with one attached hydrogen (secondary N) is 1. The molecule has 1 aliphatic rings. The first-order valence-corrected chi connectivity index (χ1v) is 4.17. The van der Waals surface area contributed by atoms with Crippen LogP contribution in [0.25, 0.3) is 0 Å². The van der Waals surface area contributed by atoms with Crippen molar-refractivity contribution in [3.05, 3.63) is 0 Å². The van der Waals surface area contributed by atoms with Gasteiger partial charge in [0, 0.05) is 18.8 Å². The average molecular weight is 173 g/mol. The third kappa shape index (κ3) is 2.19. The fourth-order valence-electron chi connectivity index (χ4n) is 1.57. The van der Waals surface area contributed by atoms with Crippen LogP contribution in [0.5, 0.6) is 0 Å². The van der Waals surface area contributed by atoms with E-state index in [1.807, 2.05) is 7.05 Å². The van der Waals surface area contributed by atoms with Gasteiger partial charge in [0.1, 0.15) is 0 Å². The molecular formula is C8H15NO3. The Kier molecular flexibility index (Phi) is 3.05. The summed E-state index contributed by atoms with van der Waals surface area (Å²) in [4.78, 5) is 10.6. The second-order valence-electron chi connectivity index (χ2n) is 3.21. The van der Waals surface area contributed by atoms with E-state index in [4.69, 9.17) is 9.84 Å². The lowest BCUT2D eigenvalue weighted by Crippen LogP contribution is -2.48. The zero-order chi connectivity index (χ0) is 9.03. The normalized spacial score (nSPS) is 22.1. The largest absolute Gasteiger partial charge is 0.481 e. The molecule has 0 amide bonds. The van der Waals surface area contributed by atoms with Crippen molar-refractivity contribution in [2.45, 2.75) is 24.8 Å². The molecule has 0 aromatic rings. The van der Waals surface area contributed by atoms with Crippen LogP contribution >= 0.6 is 0 Å². The van der Waals surface area contributed by atoms with Crippen molar-refractivity contribution in [1.29, 1.82) is 0 Å². The van der Waals surface area contributed by atoms with Crippen LogP contribution in [0.3, 0.4) is 0 Å². The van der Waals surface area contributed by atoms with E-state index >= 15 is 0 Å². The van der Waals surface area contributed by atoms with E-state index in [9.17, 15) is 4.79 Å². The Balaban J connectivity index is 2.53. The van der Waals surface area contributed by atoms with Crippen molar-refractivity contribution in [1.82, 2.24) is 5.32 Å². The fourth-order valence-corrected chi connectivity index (χ4v) is 1.57. The molecule has 0 atom stereocenters. The molecule has 0 bridgehead atoms. The highest BCUT2D eigenvalue weighted by Crippen LogP contribution is 2.23. The van der Waals surface area contributed by atoms with Gasteiger partial charge in [0.05, 0.1) is 6.42 Å². The van der Waals surface area contributed by atoms with Crippen molar-refractivity contribution in [2.24, 2.45) is 0 Å². The number of hydrogen-bond donors (Lipinski definition) is 2. The maximum Gasteiger partial charge on any atom is 0.305 e. The smallest absolute Gasteiger partial charge is 0.305 e. The van der Waals surface area contributed by atoms with E-state index in [1.165, 1.54) is 0 Å². The van der Waals surface area contributed by atoms with Gasteiger partial charge in [-0.15, -0.1) is 0 Å². The van der Waals surface area contributed by atoms with Crippen molar-refractivity contribution in [2.75, 3.05) is 20.3 Å². The van der Waals surface area contributed by atoms with Crippen LogP contribution in [0.1, 0.15) is 19.3 Å². The van der Waals surface area contributed by atoms with Crippen LogP contribution in [0.4, 0.5) is 0 Å². The monoisotopic (exact) mass is 173 g/mol. The van der Waals surface area contributed by atoms with E-state index in [0.717, 1.165) is 12.8 Å². The van der Waals surface area contributed by atoms with Crippen LogP contribution in [-0.2, 0) is 9.53 Å². The first-order chi connectivity index (χ1) is 5.68. The highest BCUT2D eigenvalue weighted by molar-refractivity contribution is 5.68. The molecule has 1 aliphatic heterocycles. The highest BCUT2D eigenvalue weighted by atomic mass is 16.5. The minimum Gasteiger partial charge on any atom is -0.481 e. The quantitative estimate of drug-likeness (QED) is 0.641. The van der Waals surface area contributed by atoms with Gasteiger partial charge < -0.3 is 15.2 Å². The van der Waals surface area contributed by atoms with E-state index in [0.29, 0.717) is 13.2 Å². The summed E-state index contributed by atoms with van der Waals surface area (Å²) in [6, 6.07) is 0. The summed E-state index contributed by atoms with van der Waals surface area (Å²) in [6.45, 7) is 1.32. The lowest BCUT2D eigenvalue weighted by Gasteiger charge is -2.35. The summed E-state index contributed by atoms with van der Waals surface area (Å²) in [5.74, 6) is -0.744. The first-order valence-electron chi connectivity index (χ1n) is 4.17. The molecule has 0 spiro atoms. The molecule has 0 saturated carbocycles. The number of carbonyl (C=O) groups is 1. The van der Waals surface area contributed by atoms with E-state index in [2.05, 4.69) is 5.32 Å². The Morgan fingerprint density at radius 1 is 1.58 bits per heavy atom. The number of ether oxygens (including phenoxy) is 1. The summed E-state index contributed by atoms with van der Waals surface area (Å²) in [6.07, 6.45) is 1.76. The van der Waals surface area contributed by atoms with Crippen molar-refractivity contribution in [3.8, 4) is 0 Å². The van der Waals surface area contributed by atoms with Crippen LogP contribution in [0.15, 0.2) is 0 Å². The summed E-state index contributed by atoms with van der Waals surface area (Å²) in [5.41, 5.74) is -0.232. The second kappa shape index (κ2) is 3.87. The lowest BCUT2D eigenvalue weighted by molar-refractivity contribution is -0.139. The first kappa shape index (κ1) is 9.48. The second-order valence-corrected chi connectivity index (χ2v) is 3.21. The molecular weight excluding hydrogens is 158 g/mol. The molecule has 70 valence electrons. The van der Waals surface area contributed by atoms with Crippen LogP contribution < -0.4 is 5.32 Å². The van der Waals surface area contributed by atoms with Gasteiger partial charge in [0.15, 0.2) is 0 Å². The summed E-state index contributed by atoms with van der Waals surface area (Å²) in [7, 11) is 1.81. The fraction of sp³-hybridized carbons (Fsp3) is 0.875. The van der Waals surface area contributed by atoms with Crippen LogP contribution in [0.2, 0.25) is 0 Å². The molecule has 0 aliphatic carbocycles. The van der Waals surface area contributed by atoms with Gasteiger partial charge in [-0.3, -0.25) is 4.79 Å². The van der Waals surface area contributed by atoms with Crippen LogP contribution in [0, 0.1) is 0 Å². The Hall–Kier alpha value is -0.610. The molecule has 1 saturated heterocycles. The number of aliphatic carboxylic acids is 1.